The van der Waals surface area contributed by atoms with E-state index in [4.69, 9.17) is 5.11 Å². The van der Waals surface area contributed by atoms with Crippen molar-refractivity contribution in [3.63, 3.8) is 0 Å². The molecule has 0 aliphatic carbocycles. The molecule has 1 fully saturated rings. The van der Waals surface area contributed by atoms with E-state index in [1.165, 1.54) is 23.1 Å². The predicted molar refractivity (Wildman–Crippen MR) is 114 cm³/mol. The number of thiophene rings is 1. The summed E-state index contributed by atoms with van der Waals surface area (Å²) < 4.78 is 1.60. The molecule has 9 heteroatoms. The molecule has 0 radical (unpaired) electrons. The summed E-state index contributed by atoms with van der Waals surface area (Å²) in [6.07, 6.45) is 1.68. The minimum absolute atomic E-state index is 0.0479. The lowest BCUT2D eigenvalue weighted by Gasteiger charge is -2.34. The van der Waals surface area contributed by atoms with Gasteiger partial charge in [0.15, 0.2) is 5.16 Å². The average molecular weight is 423 g/mol. The van der Waals surface area contributed by atoms with E-state index in [0.717, 1.165) is 28.4 Å². The van der Waals surface area contributed by atoms with E-state index in [9.17, 15) is 9.59 Å². The molecule has 0 aromatic carbocycles. The second-order valence-corrected chi connectivity index (χ2v) is 8.94. The van der Waals surface area contributed by atoms with Crippen molar-refractivity contribution in [3.05, 3.63) is 33.4 Å². The van der Waals surface area contributed by atoms with Crippen molar-refractivity contribution >= 4 is 39.2 Å². The van der Waals surface area contributed by atoms with Crippen molar-refractivity contribution in [3.8, 4) is 0 Å². The summed E-state index contributed by atoms with van der Waals surface area (Å²) in [4.78, 5) is 36.1. The van der Waals surface area contributed by atoms with Gasteiger partial charge in [0.25, 0.3) is 5.56 Å². The summed E-state index contributed by atoms with van der Waals surface area (Å²) in [6, 6.07) is 0. The van der Waals surface area contributed by atoms with Crippen molar-refractivity contribution in [2.24, 2.45) is 0 Å². The normalized spacial score (nSPS) is 15.3. The molecule has 1 aliphatic rings. The number of amides is 1. The number of aromatic nitrogens is 2. The Bertz CT molecular complexity index is 929. The molecule has 2 aromatic rings. The van der Waals surface area contributed by atoms with E-state index in [-0.39, 0.29) is 23.8 Å². The maximum atomic E-state index is 13.0. The molecule has 7 nitrogen and oxygen atoms in total. The topological polar surface area (TPSA) is 78.7 Å². The van der Waals surface area contributed by atoms with Gasteiger partial charge in [-0.25, -0.2) is 4.98 Å². The van der Waals surface area contributed by atoms with Crippen LogP contribution in [0, 0.1) is 13.8 Å². The monoisotopic (exact) mass is 422 g/mol. The number of carbonyl (C=O) groups excluding carboxylic acids is 1. The standard InChI is InChI=1S/C19H26N4O3S2/c1-4-5-23-18(26)16-13(2)14(3)28-17(16)20-19(23)27-12-15(25)22-8-6-21(7-9-22)10-11-24/h4,24H,1,5-12H2,2-3H3. The Balaban J connectivity index is 1.75. The number of aryl methyl sites for hydroxylation is 2. The highest BCUT2D eigenvalue weighted by molar-refractivity contribution is 7.99. The fourth-order valence-corrected chi connectivity index (χ4v) is 5.27. The molecule has 1 aliphatic heterocycles. The molecule has 152 valence electrons. The Morgan fingerprint density at radius 1 is 1.32 bits per heavy atom. The van der Waals surface area contributed by atoms with Crippen molar-refractivity contribution in [1.29, 1.82) is 0 Å². The highest BCUT2D eigenvalue weighted by Gasteiger charge is 2.22. The third-order valence-corrected chi connectivity index (χ3v) is 7.09. The number of aliphatic hydroxyl groups excluding tert-OH is 1. The van der Waals surface area contributed by atoms with Crippen LogP contribution in [0.1, 0.15) is 10.4 Å². The van der Waals surface area contributed by atoms with Gasteiger partial charge in [0, 0.05) is 44.1 Å². The highest BCUT2D eigenvalue weighted by Crippen LogP contribution is 2.28. The first-order chi connectivity index (χ1) is 13.5. The molecule has 1 saturated heterocycles. The molecular formula is C19H26N4O3S2. The molecule has 1 amide bonds. The van der Waals surface area contributed by atoms with Crippen molar-refractivity contribution in [1.82, 2.24) is 19.4 Å². The molecule has 0 saturated carbocycles. The summed E-state index contributed by atoms with van der Waals surface area (Å²) in [5.41, 5.74) is 0.906. The third-order valence-electron chi connectivity index (χ3n) is 5.03. The number of hydrogen-bond acceptors (Lipinski definition) is 7. The van der Waals surface area contributed by atoms with Crippen LogP contribution in [0.2, 0.25) is 0 Å². The molecular weight excluding hydrogens is 396 g/mol. The van der Waals surface area contributed by atoms with Gasteiger partial charge in [-0.1, -0.05) is 17.8 Å². The summed E-state index contributed by atoms with van der Waals surface area (Å²) in [5, 5.41) is 10.3. The number of rotatable bonds is 7. The number of thioether (sulfide) groups is 1. The highest BCUT2D eigenvalue weighted by atomic mass is 32.2. The average Bonchev–Trinajstić information content (AvgIpc) is 2.97. The molecule has 2 aromatic heterocycles. The number of carbonyl (C=O) groups is 1. The number of fused-ring (bicyclic) bond motifs is 1. The van der Waals surface area contributed by atoms with Gasteiger partial charge in [-0.15, -0.1) is 17.9 Å². The zero-order chi connectivity index (χ0) is 20.3. The van der Waals surface area contributed by atoms with Crippen LogP contribution in [0.25, 0.3) is 10.2 Å². The van der Waals surface area contributed by atoms with Gasteiger partial charge in [0.2, 0.25) is 5.91 Å². The summed E-state index contributed by atoms with van der Waals surface area (Å²) in [6.45, 7) is 11.7. The van der Waals surface area contributed by atoms with E-state index >= 15 is 0 Å². The van der Waals surface area contributed by atoms with Crippen LogP contribution in [-0.2, 0) is 11.3 Å². The smallest absolute Gasteiger partial charge is 0.263 e. The number of allylic oxidation sites excluding steroid dienone is 1. The Morgan fingerprint density at radius 3 is 2.68 bits per heavy atom. The van der Waals surface area contributed by atoms with Gasteiger partial charge >= 0.3 is 0 Å². The second-order valence-electron chi connectivity index (χ2n) is 6.80. The summed E-state index contributed by atoms with van der Waals surface area (Å²) >= 11 is 2.83. The van der Waals surface area contributed by atoms with E-state index in [1.54, 1.807) is 10.6 Å². The number of β-amino-alcohol motifs (C(OH)–C–C–N with tert-alkyl or cyclic N) is 1. The number of nitrogens with zero attached hydrogens (tertiary/aromatic N) is 4. The van der Waals surface area contributed by atoms with Crippen LogP contribution in [0.5, 0.6) is 0 Å². The Labute approximate surface area is 172 Å². The molecule has 0 unspecified atom stereocenters. The Hall–Kier alpha value is -1.68. The number of hydrogen-bond donors (Lipinski definition) is 1. The predicted octanol–water partition coefficient (Wildman–Crippen LogP) is 1.49. The first kappa shape index (κ1) is 21.0. The molecule has 1 N–H and O–H groups in total. The first-order valence-corrected chi connectivity index (χ1v) is 11.1. The first-order valence-electron chi connectivity index (χ1n) is 9.31. The lowest BCUT2D eigenvalue weighted by atomic mass is 10.2. The van der Waals surface area contributed by atoms with Gasteiger partial charge in [-0.2, -0.15) is 0 Å². The van der Waals surface area contributed by atoms with Gasteiger partial charge in [-0.3, -0.25) is 19.1 Å². The van der Waals surface area contributed by atoms with Crippen LogP contribution in [0.15, 0.2) is 22.6 Å². The van der Waals surface area contributed by atoms with Crippen LogP contribution >= 0.6 is 23.1 Å². The Morgan fingerprint density at radius 2 is 2.04 bits per heavy atom. The third kappa shape index (κ3) is 4.32. The molecule has 0 atom stereocenters. The van der Waals surface area contributed by atoms with E-state index < -0.39 is 0 Å². The fraction of sp³-hybridized carbons (Fsp3) is 0.526. The van der Waals surface area contributed by atoms with Gasteiger partial charge < -0.3 is 10.0 Å². The van der Waals surface area contributed by atoms with Crippen molar-refractivity contribution in [2.45, 2.75) is 25.5 Å². The lowest BCUT2D eigenvalue weighted by molar-refractivity contribution is -0.130. The van der Waals surface area contributed by atoms with Crippen molar-refractivity contribution in [2.75, 3.05) is 45.1 Å². The maximum Gasteiger partial charge on any atom is 0.263 e. The van der Waals surface area contributed by atoms with E-state index in [1.807, 2.05) is 18.7 Å². The Kier molecular flexibility index (Phi) is 6.92. The molecule has 3 rings (SSSR count). The van der Waals surface area contributed by atoms with Gasteiger partial charge in [0.1, 0.15) is 4.83 Å². The van der Waals surface area contributed by atoms with E-state index in [0.29, 0.717) is 36.7 Å². The van der Waals surface area contributed by atoms with Crippen molar-refractivity contribution < 1.29 is 9.90 Å². The molecule has 3 heterocycles. The zero-order valence-corrected chi connectivity index (χ0v) is 17.9. The second kappa shape index (κ2) is 9.21. The largest absolute Gasteiger partial charge is 0.395 e. The molecule has 0 spiro atoms. The van der Waals surface area contributed by atoms with Crippen LogP contribution in [0.3, 0.4) is 0 Å². The fourth-order valence-electron chi connectivity index (χ4n) is 3.29. The van der Waals surface area contributed by atoms with Crippen LogP contribution in [0.4, 0.5) is 0 Å². The van der Waals surface area contributed by atoms with Gasteiger partial charge in [0.05, 0.1) is 17.7 Å². The van der Waals surface area contributed by atoms with Gasteiger partial charge in [-0.05, 0) is 19.4 Å². The summed E-state index contributed by atoms with van der Waals surface area (Å²) in [5.74, 6) is 0.296. The zero-order valence-electron chi connectivity index (χ0n) is 16.3. The molecule has 0 bridgehead atoms. The lowest BCUT2D eigenvalue weighted by Crippen LogP contribution is -2.49. The minimum atomic E-state index is -0.0701. The quantitative estimate of drug-likeness (QED) is 0.414. The minimum Gasteiger partial charge on any atom is -0.395 e. The number of piperazine rings is 1. The number of aliphatic hydroxyl groups is 1. The summed E-state index contributed by atoms with van der Waals surface area (Å²) in [7, 11) is 0. The van der Waals surface area contributed by atoms with E-state index in [2.05, 4.69) is 16.5 Å². The molecule has 28 heavy (non-hydrogen) atoms. The SMILES string of the molecule is C=CCn1c(SCC(=O)N2CCN(CCO)CC2)nc2sc(C)c(C)c2c1=O. The van der Waals surface area contributed by atoms with Crippen LogP contribution in [-0.4, -0.2) is 75.4 Å². The maximum absolute atomic E-state index is 13.0. The van der Waals surface area contributed by atoms with Crippen LogP contribution < -0.4 is 5.56 Å².